The second-order valence-corrected chi connectivity index (χ2v) is 5.08. The van der Waals surface area contributed by atoms with Crippen LogP contribution in [0.15, 0.2) is 6.07 Å². The number of aromatic nitrogens is 2. The molecule has 1 aromatic rings. The van der Waals surface area contributed by atoms with Gasteiger partial charge in [0.25, 0.3) is 0 Å². The Morgan fingerprint density at radius 1 is 1.42 bits per heavy atom. The van der Waals surface area contributed by atoms with Crippen molar-refractivity contribution < 1.29 is 9.84 Å². The third-order valence-electron chi connectivity index (χ3n) is 2.47. The van der Waals surface area contributed by atoms with Crippen LogP contribution in [-0.4, -0.2) is 47.9 Å². The fourth-order valence-electron chi connectivity index (χ4n) is 1.73. The van der Waals surface area contributed by atoms with Crippen LogP contribution in [0.25, 0.3) is 0 Å². The first-order chi connectivity index (χ1) is 8.85. The zero-order chi connectivity index (χ0) is 14.5. The fraction of sp³-hybridized carbons (Fsp3) is 0.692. The van der Waals surface area contributed by atoms with Crippen molar-refractivity contribution in [1.82, 2.24) is 9.97 Å². The lowest BCUT2D eigenvalue weighted by molar-refractivity contribution is 0.0884. The smallest absolute Gasteiger partial charge is 0.158 e. The predicted molar refractivity (Wildman–Crippen MR) is 76.5 cm³/mol. The van der Waals surface area contributed by atoms with Crippen LogP contribution in [0.4, 0.5) is 11.6 Å². The van der Waals surface area contributed by atoms with Crippen molar-refractivity contribution in [2.75, 3.05) is 37.5 Å². The van der Waals surface area contributed by atoms with Crippen LogP contribution in [0.1, 0.15) is 26.6 Å². The van der Waals surface area contributed by atoms with Gasteiger partial charge in [0.1, 0.15) is 18.2 Å². The number of anilines is 2. The molecule has 0 unspecified atom stereocenters. The summed E-state index contributed by atoms with van der Waals surface area (Å²) in [7, 11) is 3.71. The molecular formula is C13H24N4O2. The van der Waals surface area contributed by atoms with E-state index >= 15 is 0 Å². The Morgan fingerprint density at radius 2 is 2.11 bits per heavy atom. The van der Waals surface area contributed by atoms with E-state index in [4.69, 9.17) is 4.74 Å². The van der Waals surface area contributed by atoms with E-state index in [1.807, 2.05) is 32.0 Å². The lowest BCUT2D eigenvalue weighted by atomic mass is 10.1. The molecule has 108 valence electrons. The van der Waals surface area contributed by atoms with Gasteiger partial charge in [-0.1, -0.05) is 0 Å². The van der Waals surface area contributed by atoms with Crippen LogP contribution >= 0.6 is 0 Å². The number of nitrogens with zero attached hydrogens (tertiary/aromatic N) is 3. The van der Waals surface area contributed by atoms with Gasteiger partial charge in [0.05, 0.1) is 5.60 Å². The Labute approximate surface area is 114 Å². The molecule has 1 aromatic heterocycles. The van der Waals surface area contributed by atoms with Crippen LogP contribution in [0.2, 0.25) is 0 Å². The number of nitrogens with one attached hydrogen (secondary N) is 1. The average molecular weight is 268 g/mol. The summed E-state index contributed by atoms with van der Waals surface area (Å²) >= 11 is 0. The standard InChI is InChI=1S/C13H24N4O2/c1-6-19-8-11-15-10(14-4)7-12(16-11)17(5)9-13(2,3)18/h7,18H,6,8-9H2,1-5H3,(H,14,15,16). The summed E-state index contributed by atoms with van der Waals surface area (Å²) in [6.45, 7) is 6.97. The van der Waals surface area contributed by atoms with Gasteiger partial charge in [-0.3, -0.25) is 0 Å². The van der Waals surface area contributed by atoms with E-state index in [2.05, 4.69) is 15.3 Å². The fourth-order valence-corrected chi connectivity index (χ4v) is 1.73. The highest BCUT2D eigenvalue weighted by Gasteiger charge is 2.17. The SMILES string of the molecule is CCOCc1nc(NC)cc(N(C)CC(C)(C)O)n1. The third kappa shape index (κ3) is 5.40. The highest BCUT2D eigenvalue weighted by molar-refractivity contribution is 5.48. The van der Waals surface area contributed by atoms with Gasteiger partial charge in [-0.15, -0.1) is 0 Å². The van der Waals surface area contributed by atoms with Crippen molar-refractivity contribution in [3.63, 3.8) is 0 Å². The second kappa shape index (κ2) is 6.68. The van der Waals surface area contributed by atoms with Gasteiger partial charge in [-0.25, -0.2) is 9.97 Å². The monoisotopic (exact) mass is 268 g/mol. The minimum atomic E-state index is -0.778. The van der Waals surface area contributed by atoms with Crippen molar-refractivity contribution in [2.24, 2.45) is 0 Å². The first-order valence-electron chi connectivity index (χ1n) is 6.42. The largest absolute Gasteiger partial charge is 0.389 e. The van der Waals surface area contributed by atoms with E-state index in [-0.39, 0.29) is 0 Å². The maximum Gasteiger partial charge on any atom is 0.158 e. The molecule has 0 atom stereocenters. The van der Waals surface area contributed by atoms with E-state index in [9.17, 15) is 5.11 Å². The summed E-state index contributed by atoms with van der Waals surface area (Å²) in [5.74, 6) is 2.13. The molecule has 0 saturated heterocycles. The molecule has 2 N–H and O–H groups in total. The minimum Gasteiger partial charge on any atom is -0.389 e. The molecule has 0 spiro atoms. The highest BCUT2D eigenvalue weighted by Crippen LogP contribution is 2.17. The molecule has 6 heteroatoms. The number of hydrogen-bond donors (Lipinski definition) is 2. The highest BCUT2D eigenvalue weighted by atomic mass is 16.5. The van der Waals surface area contributed by atoms with Gasteiger partial charge in [-0.05, 0) is 20.8 Å². The summed E-state index contributed by atoms with van der Waals surface area (Å²) in [5.41, 5.74) is -0.778. The topological polar surface area (TPSA) is 70.5 Å². The van der Waals surface area contributed by atoms with Gasteiger partial charge in [-0.2, -0.15) is 0 Å². The van der Waals surface area contributed by atoms with E-state index in [0.717, 1.165) is 11.6 Å². The maximum atomic E-state index is 9.86. The van der Waals surface area contributed by atoms with Crippen LogP contribution in [-0.2, 0) is 11.3 Å². The summed E-state index contributed by atoms with van der Waals surface area (Å²) in [6.07, 6.45) is 0. The first-order valence-corrected chi connectivity index (χ1v) is 6.42. The van der Waals surface area contributed by atoms with Crippen LogP contribution in [0, 0.1) is 0 Å². The Hall–Kier alpha value is -1.40. The molecule has 6 nitrogen and oxygen atoms in total. The molecule has 0 radical (unpaired) electrons. The Kier molecular flexibility index (Phi) is 5.50. The molecule has 0 aromatic carbocycles. The number of hydrogen-bond acceptors (Lipinski definition) is 6. The van der Waals surface area contributed by atoms with Crippen molar-refractivity contribution >= 4 is 11.6 Å². The molecular weight excluding hydrogens is 244 g/mol. The molecule has 0 aliphatic heterocycles. The number of ether oxygens (including phenoxy) is 1. The van der Waals surface area contributed by atoms with E-state index in [0.29, 0.717) is 25.6 Å². The zero-order valence-electron chi connectivity index (χ0n) is 12.4. The predicted octanol–water partition coefficient (Wildman–Crippen LogP) is 1.26. The molecule has 0 bridgehead atoms. The molecule has 0 fully saturated rings. The summed E-state index contributed by atoms with van der Waals surface area (Å²) in [5, 5.41) is 12.9. The lowest BCUT2D eigenvalue weighted by Gasteiger charge is -2.26. The molecule has 0 saturated carbocycles. The van der Waals surface area contributed by atoms with Crippen molar-refractivity contribution in [3.8, 4) is 0 Å². The van der Waals surface area contributed by atoms with Gasteiger partial charge in [0, 0.05) is 33.3 Å². The molecule has 1 rings (SSSR count). The van der Waals surface area contributed by atoms with E-state index < -0.39 is 5.60 Å². The molecule has 1 heterocycles. The molecule has 0 aliphatic carbocycles. The number of rotatable bonds is 7. The lowest BCUT2D eigenvalue weighted by Crippen LogP contribution is -2.36. The van der Waals surface area contributed by atoms with Crippen molar-refractivity contribution in [2.45, 2.75) is 33.0 Å². The molecule has 0 aliphatic rings. The normalized spacial score (nSPS) is 11.5. The van der Waals surface area contributed by atoms with Gasteiger partial charge in [0.15, 0.2) is 5.82 Å². The summed E-state index contributed by atoms with van der Waals surface area (Å²) < 4.78 is 5.33. The van der Waals surface area contributed by atoms with Crippen molar-refractivity contribution in [1.29, 1.82) is 0 Å². The number of aliphatic hydroxyl groups is 1. The quantitative estimate of drug-likeness (QED) is 0.776. The maximum absolute atomic E-state index is 9.86. The number of likely N-dealkylation sites (N-methyl/N-ethyl adjacent to an activating group) is 1. The van der Waals surface area contributed by atoms with Crippen LogP contribution in [0.5, 0.6) is 0 Å². The van der Waals surface area contributed by atoms with E-state index in [1.54, 1.807) is 13.8 Å². The Bertz CT molecular complexity index is 404. The average Bonchev–Trinajstić information content (AvgIpc) is 2.33. The van der Waals surface area contributed by atoms with Gasteiger partial charge < -0.3 is 20.1 Å². The van der Waals surface area contributed by atoms with Crippen molar-refractivity contribution in [3.05, 3.63) is 11.9 Å². The third-order valence-corrected chi connectivity index (χ3v) is 2.47. The summed E-state index contributed by atoms with van der Waals surface area (Å²) in [4.78, 5) is 10.7. The minimum absolute atomic E-state index is 0.384. The van der Waals surface area contributed by atoms with Gasteiger partial charge >= 0.3 is 0 Å². The Balaban J connectivity index is 2.92. The Morgan fingerprint density at radius 3 is 2.63 bits per heavy atom. The van der Waals surface area contributed by atoms with Crippen LogP contribution in [0.3, 0.4) is 0 Å². The molecule has 19 heavy (non-hydrogen) atoms. The zero-order valence-corrected chi connectivity index (χ0v) is 12.4. The van der Waals surface area contributed by atoms with Gasteiger partial charge in [0.2, 0.25) is 0 Å². The van der Waals surface area contributed by atoms with E-state index in [1.165, 1.54) is 0 Å². The first kappa shape index (κ1) is 15.7. The molecule has 0 amide bonds. The van der Waals surface area contributed by atoms with Crippen LogP contribution < -0.4 is 10.2 Å². The second-order valence-electron chi connectivity index (χ2n) is 5.08. The summed E-state index contributed by atoms with van der Waals surface area (Å²) in [6, 6.07) is 1.85.